The molecule has 0 spiro atoms. The molecule has 35 heavy (non-hydrogen) atoms. The summed E-state index contributed by atoms with van der Waals surface area (Å²) in [5, 5.41) is 0. The second-order valence-electron chi connectivity index (χ2n) is 14.4. The van der Waals surface area contributed by atoms with Gasteiger partial charge in [-0.2, -0.15) is 0 Å². The topological polar surface area (TPSA) is 52.6 Å². The Bertz CT molecular complexity index is 709. The second kappa shape index (κ2) is 12.8. The van der Waals surface area contributed by atoms with Gasteiger partial charge >= 0.3 is 11.9 Å². The summed E-state index contributed by atoms with van der Waals surface area (Å²) in [6, 6.07) is 0. The first kappa shape index (κ1) is 33.7. The second-order valence-corrected chi connectivity index (χ2v) is 14.4. The number of carbonyl (C=O) groups excluding carboxylic acids is 2. The van der Waals surface area contributed by atoms with Crippen molar-refractivity contribution in [3.63, 3.8) is 0 Å². The zero-order valence-corrected chi connectivity index (χ0v) is 25.7. The van der Waals surface area contributed by atoms with E-state index in [2.05, 4.69) is 74.5 Å². The first-order valence-electron chi connectivity index (χ1n) is 13.6. The molecule has 0 aliphatic heterocycles. The van der Waals surface area contributed by atoms with Gasteiger partial charge in [0, 0.05) is 0 Å². The number of hydrogen-bond donors (Lipinski definition) is 0. The standard InChI is InChI=1S/C31H58O4/c1-15-17-24(23(3)20-30(10,11)25(32)34-14)35-26(33)31(12,13)22-29(8,9)19-18-28(6,7)21-27(4,5)16-2/h18-19,23-24H,15-17,20-22H2,1-14H3. The Hall–Kier alpha value is -1.32. The van der Waals surface area contributed by atoms with Gasteiger partial charge in [0.2, 0.25) is 0 Å². The fourth-order valence-electron chi connectivity index (χ4n) is 5.48. The van der Waals surface area contributed by atoms with E-state index in [0.29, 0.717) is 18.3 Å². The summed E-state index contributed by atoms with van der Waals surface area (Å²) in [5.74, 6) is -0.337. The van der Waals surface area contributed by atoms with Crippen LogP contribution in [0.3, 0.4) is 0 Å². The number of ether oxygens (including phenoxy) is 2. The van der Waals surface area contributed by atoms with Crippen molar-refractivity contribution in [2.75, 3.05) is 7.11 Å². The van der Waals surface area contributed by atoms with E-state index in [4.69, 9.17) is 9.47 Å². The molecule has 0 aromatic rings. The van der Waals surface area contributed by atoms with Crippen LogP contribution in [-0.4, -0.2) is 25.2 Å². The fraction of sp³-hybridized carbons (Fsp3) is 0.871. The minimum absolute atomic E-state index is 0.0550. The molecular formula is C31H58O4. The molecule has 4 heteroatoms. The summed E-state index contributed by atoms with van der Waals surface area (Å²) in [6.07, 6.45) is 9.68. The summed E-state index contributed by atoms with van der Waals surface area (Å²) in [5.41, 5.74) is -0.989. The molecule has 0 saturated carbocycles. The van der Waals surface area contributed by atoms with Gasteiger partial charge in [0.15, 0.2) is 0 Å². The van der Waals surface area contributed by atoms with Crippen molar-refractivity contribution in [2.24, 2.45) is 33.0 Å². The lowest BCUT2D eigenvalue weighted by atomic mass is 9.71. The molecule has 0 aliphatic rings. The summed E-state index contributed by atoms with van der Waals surface area (Å²) in [7, 11) is 1.42. The smallest absolute Gasteiger partial charge is 0.311 e. The normalized spacial score (nSPS) is 15.7. The van der Waals surface area contributed by atoms with Gasteiger partial charge < -0.3 is 9.47 Å². The predicted octanol–water partition coefficient (Wildman–Crippen LogP) is 8.77. The van der Waals surface area contributed by atoms with Crippen LogP contribution in [0.4, 0.5) is 0 Å². The molecule has 0 radical (unpaired) electrons. The molecule has 0 bridgehead atoms. The van der Waals surface area contributed by atoms with Crippen molar-refractivity contribution in [3.8, 4) is 0 Å². The third kappa shape index (κ3) is 12.0. The number of rotatable bonds is 15. The van der Waals surface area contributed by atoms with Crippen molar-refractivity contribution >= 4 is 11.9 Å². The first-order chi connectivity index (χ1) is 15.6. The molecule has 0 aromatic heterocycles. The van der Waals surface area contributed by atoms with Gasteiger partial charge in [0.1, 0.15) is 6.10 Å². The van der Waals surface area contributed by atoms with Crippen LogP contribution in [0, 0.1) is 33.0 Å². The molecule has 0 aliphatic carbocycles. The Balaban J connectivity index is 5.44. The Kier molecular flexibility index (Phi) is 12.3. The van der Waals surface area contributed by atoms with E-state index in [1.807, 2.05) is 27.7 Å². The number of methoxy groups -OCH3 is 1. The Morgan fingerprint density at radius 2 is 1.26 bits per heavy atom. The van der Waals surface area contributed by atoms with Crippen LogP contribution in [0.2, 0.25) is 0 Å². The van der Waals surface area contributed by atoms with Crippen LogP contribution in [-0.2, 0) is 19.1 Å². The molecule has 2 unspecified atom stereocenters. The monoisotopic (exact) mass is 494 g/mol. The van der Waals surface area contributed by atoms with Gasteiger partial charge in [0.05, 0.1) is 17.9 Å². The minimum Gasteiger partial charge on any atom is -0.469 e. The van der Waals surface area contributed by atoms with Crippen molar-refractivity contribution in [1.82, 2.24) is 0 Å². The lowest BCUT2D eigenvalue weighted by Gasteiger charge is -2.36. The zero-order valence-electron chi connectivity index (χ0n) is 25.7. The molecule has 0 aromatic carbocycles. The molecule has 2 atom stereocenters. The zero-order chi connectivity index (χ0) is 27.9. The van der Waals surface area contributed by atoms with Crippen LogP contribution >= 0.6 is 0 Å². The number of carbonyl (C=O) groups is 2. The third-order valence-electron chi connectivity index (χ3n) is 7.36. The van der Waals surface area contributed by atoms with Gasteiger partial charge in [-0.3, -0.25) is 9.59 Å². The lowest BCUT2D eigenvalue weighted by Crippen LogP contribution is -2.38. The van der Waals surface area contributed by atoms with Crippen molar-refractivity contribution in [2.45, 2.75) is 135 Å². The molecule has 206 valence electrons. The van der Waals surface area contributed by atoms with Crippen LogP contribution in [0.5, 0.6) is 0 Å². The Morgan fingerprint density at radius 3 is 1.69 bits per heavy atom. The summed E-state index contributed by atoms with van der Waals surface area (Å²) in [6.45, 7) is 27.8. The maximum atomic E-state index is 13.4. The highest BCUT2D eigenvalue weighted by Crippen LogP contribution is 2.41. The van der Waals surface area contributed by atoms with Gasteiger partial charge in [-0.15, -0.1) is 0 Å². The van der Waals surface area contributed by atoms with E-state index in [1.54, 1.807) is 0 Å². The number of allylic oxidation sites excluding steroid dienone is 2. The summed E-state index contributed by atoms with van der Waals surface area (Å²) < 4.78 is 11.1. The highest BCUT2D eigenvalue weighted by atomic mass is 16.5. The average molecular weight is 495 g/mol. The highest BCUT2D eigenvalue weighted by Gasteiger charge is 2.39. The van der Waals surface area contributed by atoms with E-state index in [-0.39, 0.29) is 34.8 Å². The largest absolute Gasteiger partial charge is 0.469 e. The lowest BCUT2D eigenvalue weighted by molar-refractivity contribution is -0.165. The molecule has 0 N–H and O–H groups in total. The van der Waals surface area contributed by atoms with Crippen LogP contribution in [0.1, 0.15) is 129 Å². The van der Waals surface area contributed by atoms with Crippen LogP contribution in [0.25, 0.3) is 0 Å². The van der Waals surface area contributed by atoms with E-state index < -0.39 is 10.8 Å². The van der Waals surface area contributed by atoms with E-state index in [0.717, 1.165) is 25.7 Å². The summed E-state index contributed by atoms with van der Waals surface area (Å²) >= 11 is 0. The molecule has 0 amide bonds. The predicted molar refractivity (Wildman–Crippen MR) is 148 cm³/mol. The van der Waals surface area contributed by atoms with E-state index in [9.17, 15) is 9.59 Å². The quantitative estimate of drug-likeness (QED) is 0.169. The van der Waals surface area contributed by atoms with E-state index in [1.165, 1.54) is 7.11 Å². The number of esters is 2. The Morgan fingerprint density at radius 1 is 0.771 bits per heavy atom. The molecule has 0 rings (SSSR count). The molecule has 4 nitrogen and oxygen atoms in total. The SMILES string of the molecule is CCCC(OC(=O)C(C)(C)CC(C)(C)C=CC(C)(C)CC(C)(C)CC)C(C)CC(C)(C)C(=O)OC. The fourth-order valence-corrected chi connectivity index (χ4v) is 5.48. The molecule has 0 saturated heterocycles. The number of hydrogen-bond acceptors (Lipinski definition) is 4. The van der Waals surface area contributed by atoms with Crippen LogP contribution < -0.4 is 0 Å². The highest BCUT2D eigenvalue weighted by molar-refractivity contribution is 5.76. The van der Waals surface area contributed by atoms with Crippen molar-refractivity contribution < 1.29 is 19.1 Å². The molecular weight excluding hydrogens is 436 g/mol. The van der Waals surface area contributed by atoms with Crippen molar-refractivity contribution in [1.29, 1.82) is 0 Å². The molecule has 0 fully saturated rings. The van der Waals surface area contributed by atoms with Gasteiger partial charge in [-0.1, -0.05) is 87.3 Å². The van der Waals surface area contributed by atoms with E-state index >= 15 is 0 Å². The average Bonchev–Trinajstić information content (AvgIpc) is 2.69. The van der Waals surface area contributed by atoms with Crippen molar-refractivity contribution in [3.05, 3.63) is 12.2 Å². The maximum Gasteiger partial charge on any atom is 0.311 e. The summed E-state index contributed by atoms with van der Waals surface area (Å²) in [4.78, 5) is 25.6. The van der Waals surface area contributed by atoms with Gasteiger partial charge in [0.25, 0.3) is 0 Å². The molecule has 0 heterocycles. The first-order valence-corrected chi connectivity index (χ1v) is 13.6. The third-order valence-corrected chi connectivity index (χ3v) is 7.36. The Labute approximate surface area is 218 Å². The van der Waals surface area contributed by atoms with Crippen LogP contribution in [0.15, 0.2) is 12.2 Å². The maximum absolute atomic E-state index is 13.4. The van der Waals surface area contributed by atoms with Gasteiger partial charge in [-0.25, -0.2) is 0 Å². The minimum atomic E-state index is -0.621. The van der Waals surface area contributed by atoms with Gasteiger partial charge in [-0.05, 0) is 75.5 Å².